The molecule has 0 rings (SSSR count). The van der Waals surface area contributed by atoms with Crippen molar-refractivity contribution in [3.63, 3.8) is 0 Å². The van der Waals surface area contributed by atoms with Gasteiger partial charge < -0.3 is 28.8 Å². The molecule has 0 bridgehead atoms. The van der Waals surface area contributed by atoms with Gasteiger partial charge in [0, 0.05) is 13.3 Å². The van der Waals surface area contributed by atoms with Gasteiger partial charge in [-0.25, -0.2) is 4.79 Å². The Morgan fingerprint density at radius 1 is 1.00 bits per heavy atom. The lowest BCUT2D eigenvalue weighted by molar-refractivity contribution is -0.267. The average Bonchev–Trinajstić information content (AvgIpc) is 2.40. The molecule has 0 aliphatic heterocycles. The second-order valence-corrected chi connectivity index (χ2v) is 4.07. The molecule has 0 spiro atoms. The molecule has 0 aromatic heterocycles. The van der Waals surface area contributed by atoms with Crippen LogP contribution in [0.25, 0.3) is 0 Å². The van der Waals surface area contributed by atoms with Crippen molar-refractivity contribution in [3.05, 3.63) is 0 Å². The maximum Gasteiger partial charge on any atom is 0.365 e. The Morgan fingerprint density at radius 2 is 1.64 bits per heavy atom. The van der Waals surface area contributed by atoms with Crippen LogP contribution in [-0.2, 0) is 38.1 Å². The lowest BCUT2D eigenvalue weighted by atomic mass is 10.3. The fraction of sp³-hybridized carbons (Fsp3) is 0.769. The van der Waals surface area contributed by atoms with Crippen molar-refractivity contribution >= 4 is 17.9 Å². The fourth-order valence-corrected chi connectivity index (χ4v) is 1.18. The molecule has 22 heavy (non-hydrogen) atoms. The first-order valence-corrected chi connectivity index (χ1v) is 6.81. The summed E-state index contributed by atoms with van der Waals surface area (Å²) in [5.74, 6) is -2.23. The van der Waals surface area contributed by atoms with E-state index in [1.807, 2.05) is 6.92 Å². The summed E-state index contributed by atoms with van der Waals surface area (Å²) in [6.45, 7) is 1.67. The molecule has 0 amide bonds. The molecule has 9 nitrogen and oxygen atoms in total. The summed E-state index contributed by atoms with van der Waals surface area (Å²) < 4.78 is 24.4. The molecule has 0 radical (unpaired) electrons. The predicted octanol–water partition coefficient (Wildman–Crippen LogP) is 0.311. The second kappa shape index (κ2) is 13.0. The van der Waals surface area contributed by atoms with Crippen LogP contribution in [0.4, 0.5) is 0 Å². The van der Waals surface area contributed by atoms with Gasteiger partial charge in [-0.1, -0.05) is 6.92 Å². The quantitative estimate of drug-likeness (QED) is 0.290. The van der Waals surface area contributed by atoms with Crippen LogP contribution in [0, 0.1) is 0 Å². The number of aliphatic carboxylic acids is 1. The zero-order valence-electron chi connectivity index (χ0n) is 12.7. The molecular weight excluding hydrogens is 300 g/mol. The summed E-state index contributed by atoms with van der Waals surface area (Å²) in [7, 11) is 0. The molecule has 0 saturated carbocycles. The highest BCUT2D eigenvalue weighted by atomic mass is 16.9. The summed E-state index contributed by atoms with van der Waals surface area (Å²) in [5, 5.41) is 8.33. The number of carbonyl (C=O) groups is 3. The Kier molecular flexibility index (Phi) is 12.0. The lowest BCUT2D eigenvalue weighted by Gasteiger charge is -2.17. The highest BCUT2D eigenvalue weighted by Gasteiger charge is 2.17. The molecule has 0 fully saturated rings. The Morgan fingerprint density at radius 3 is 2.23 bits per heavy atom. The molecule has 1 atom stereocenters. The van der Waals surface area contributed by atoms with E-state index in [2.05, 4.69) is 4.74 Å². The summed E-state index contributed by atoms with van der Waals surface area (Å²) in [5.41, 5.74) is 0. The minimum absolute atomic E-state index is 0.0241. The van der Waals surface area contributed by atoms with Crippen LogP contribution in [0.5, 0.6) is 0 Å². The Labute approximate surface area is 128 Å². The first kappa shape index (κ1) is 20.3. The van der Waals surface area contributed by atoms with E-state index in [9.17, 15) is 14.4 Å². The van der Waals surface area contributed by atoms with E-state index in [-0.39, 0.29) is 39.5 Å². The Balaban J connectivity index is 3.77. The third-order valence-electron chi connectivity index (χ3n) is 2.02. The highest BCUT2D eigenvalue weighted by molar-refractivity contribution is 5.70. The number of carboxylic acids is 1. The van der Waals surface area contributed by atoms with E-state index < -0.39 is 24.4 Å². The first-order valence-electron chi connectivity index (χ1n) is 6.81. The van der Waals surface area contributed by atoms with Crippen molar-refractivity contribution in [2.45, 2.75) is 33.2 Å². The van der Waals surface area contributed by atoms with Crippen molar-refractivity contribution in [2.24, 2.45) is 0 Å². The predicted molar refractivity (Wildman–Crippen MR) is 71.8 cm³/mol. The Bertz CT molecular complexity index is 342. The van der Waals surface area contributed by atoms with Gasteiger partial charge in [-0.2, -0.15) is 0 Å². The summed E-state index contributed by atoms with van der Waals surface area (Å²) in [6, 6.07) is 0. The minimum atomic E-state index is -1.40. The zero-order chi connectivity index (χ0) is 16.8. The zero-order valence-corrected chi connectivity index (χ0v) is 12.7. The second-order valence-electron chi connectivity index (χ2n) is 4.07. The normalized spacial score (nSPS) is 11.7. The van der Waals surface area contributed by atoms with Gasteiger partial charge in [-0.05, 0) is 6.42 Å². The van der Waals surface area contributed by atoms with E-state index in [1.54, 1.807) is 0 Å². The standard InChI is InChI=1S/C13H22O9/c1-3-4-12(17)22-13(21-10(2)14)20-8-7-18-5-6-19-9-11(15)16/h13H,3-9H2,1-2H3,(H,15,16). The lowest BCUT2D eigenvalue weighted by Crippen LogP contribution is -2.28. The van der Waals surface area contributed by atoms with E-state index >= 15 is 0 Å². The fourth-order valence-electron chi connectivity index (χ4n) is 1.18. The van der Waals surface area contributed by atoms with E-state index in [1.165, 1.54) is 6.92 Å². The van der Waals surface area contributed by atoms with Crippen LogP contribution in [-0.4, -0.2) is 62.5 Å². The number of hydrogen-bond acceptors (Lipinski definition) is 8. The summed E-state index contributed by atoms with van der Waals surface area (Å²) in [4.78, 5) is 32.3. The molecule has 0 heterocycles. The van der Waals surface area contributed by atoms with Gasteiger partial charge >= 0.3 is 24.4 Å². The third kappa shape index (κ3) is 13.3. The molecular formula is C13H22O9. The van der Waals surface area contributed by atoms with Crippen LogP contribution in [0.1, 0.15) is 26.7 Å². The van der Waals surface area contributed by atoms with Crippen LogP contribution in [0.15, 0.2) is 0 Å². The topological polar surface area (TPSA) is 118 Å². The van der Waals surface area contributed by atoms with Crippen molar-refractivity contribution in [1.82, 2.24) is 0 Å². The Hall–Kier alpha value is -1.71. The van der Waals surface area contributed by atoms with Crippen LogP contribution < -0.4 is 0 Å². The first-order chi connectivity index (χ1) is 10.5. The van der Waals surface area contributed by atoms with Crippen molar-refractivity contribution < 1.29 is 43.2 Å². The molecule has 1 unspecified atom stereocenters. The monoisotopic (exact) mass is 322 g/mol. The molecule has 0 aliphatic carbocycles. The van der Waals surface area contributed by atoms with Gasteiger partial charge in [0.25, 0.3) is 0 Å². The smallest absolute Gasteiger partial charge is 0.365 e. The minimum Gasteiger partial charge on any atom is -0.480 e. The third-order valence-corrected chi connectivity index (χ3v) is 2.02. The number of esters is 2. The van der Waals surface area contributed by atoms with Crippen LogP contribution in [0.2, 0.25) is 0 Å². The van der Waals surface area contributed by atoms with Gasteiger partial charge in [0.15, 0.2) is 0 Å². The van der Waals surface area contributed by atoms with E-state index in [4.69, 9.17) is 24.1 Å². The molecule has 128 valence electrons. The largest absolute Gasteiger partial charge is 0.480 e. The average molecular weight is 322 g/mol. The summed E-state index contributed by atoms with van der Waals surface area (Å²) >= 11 is 0. The number of carbonyl (C=O) groups excluding carboxylic acids is 2. The van der Waals surface area contributed by atoms with Crippen molar-refractivity contribution in [1.29, 1.82) is 0 Å². The number of ether oxygens (including phenoxy) is 5. The maximum atomic E-state index is 11.3. The van der Waals surface area contributed by atoms with E-state index in [0.29, 0.717) is 6.42 Å². The molecule has 9 heteroatoms. The summed E-state index contributed by atoms with van der Waals surface area (Å²) in [6.07, 6.45) is 0.795. The SMILES string of the molecule is CCCC(=O)OC(OCCOCCOCC(=O)O)OC(C)=O. The van der Waals surface area contributed by atoms with E-state index in [0.717, 1.165) is 0 Å². The molecule has 1 N–H and O–H groups in total. The molecule has 0 aromatic carbocycles. The highest BCUT2D eigenvalue weighted by Crippen LogP contribution is 2.02. The maximum absolute atomic E-state index is 11.3. The van der Waals surface area contributed by atoms with Gasteiger partial charge in [-0.3, -0.25) is 9.59 Å². The van der Waals surface area contributed by atoms with Gasteiger partial charge in [-0.15, -0.1) is 0 Å². The molecule has 0 aromatic rings. The van der Waals surface area contributed by atoms with Gasteiger partial charge in [0.2, 0.25) is 0 Å². The number of rotatable bonds is 13. The molecule has 0 saturated heterocycles. The van der Waals surface area contributed by atoms with Crippen molar-refractivity contribution in [2.75, 3.05) is 33.0 Å². The molecule has 0 aliphatic rings. The van der Waals surface area contributed by atoms with Gasteiger partial charge in [0.1, 0.15) is 6.61 Å². The van der Waals surface area contributed by atoms with Crippen LogP contribution >= 0.6 is 0 Å². The van der Waals surface area contributed by atoms with Crippen molar-refractivity contribution in [3.8, 4) is 0 Å². The number of hydrogen-bond donors (Lipinski definition) is 1. The van der Waals surface area contributed by atoms with Crippen LogP contribution in [0.3, 0.4) is 0 Å². The van der Waals surface area contributed by atoms with Gasteiger partial charge in [0.05, 0.1) is 26.4 Å². The number of carboxylic acid groups (broad SMARTS) is 1.